The third-order valence-corrected chi connectivity index (χ3v) is 5.99. The van der Waals surface area contributed by atoms with Crippen LogP contribution < -0.4 is 10.1 Å². The number of halogens is 1. The van der Waals surface area contributed by atoms with Crippen molar-refractivity contribution < 1.29 is 9.53 Å². The van der Waals surface area contributed by atoms with E-state index in [-0.39, 0.29) is 5.91 Å². The van der Waals surface area contributed by atoms with Crippen LogP contribution >= 0.6 is 11.6 Å². The molecule has 6 heteroatoms. The van der Waals surface area contributed by atoms with E-state index in [2.05, 4.69) is 10.3 Å². The van der Waals surface area contributed by atoms with Gasteiger partial charge in [-0.2, -0.15) is 0 Å². The summed E-state index contributed by atoms with van der Waals surface area (Å²) in [4.78, 5) is 19.3. The number of ether oxygens (including phenoxy) is 1. The van der Waals surface area contributed by atoms with Crippen LogP contribution in [0, 0.1) is 0 Å². The standard InChI is InChI=1S/C21H22ClN3O2/c22-14-10-13-11-19(21(26)25-8-6-23-7-9-25)27-20(13)17(12-14)15-4-5-24-18-3-1-2-16(15)18/h4-5,10,12,19,23H,1-3,6-9,11H2/t19-/m0/s1. The third-order valence-electron chi connectivity index (χ3n) is 5.78. The topological polar surface area (TPSA) is 54.5 Å². The summed E-state index contributed by atoms with van der Waals surface area (Å²) in [6, 6.07) is 5.95. The largest absolute Gasteiger partial charge is 0.479 e. The van der Waals surface area contributed by atoms with Crippen LogP contribution in [0.15, 0.2) is 24.4 Å². The van der Waals surface area contributed by atoms with Gasteiger partial charge in [0.25, 0.3) is 5.91 Å². The van der Waals surface area contributed by atoms with Gasteiger partial charge >= 0.3 is 0 Å². The van der Waals surface area contributed by atoms with E-state index in [1.54, 1.807) is 0 Å². The molecule has 1 saturated heterocycles. The molecule has 1 aromatic heterocycles. The highest BCUT2D eigenvalue weighted by molar-refractivity contribution is 6.31. The van der Waals surface area contributed by atoms with Crippen molar-refractivity contribution in [3.05, 3.63) is 46.2 Å². The van der Waals surface area contributed by atoms with Crippen molar-refractivity contribution in [2.45, 2.75) is 31.8 Å². The molecule has 1 atom stereocenters. The average Bonchev–Trinajstić information content (AvgIpc) is 3.34. The third kappa shape index (κ3) is 2.99. The molecule has 2 aromatic rings. The Morgan fingerprint density at radius 3 is 2.93 bits per heavy atom. The first-order chi connectivity index (χ1) is 13.2. The molecule has 0 spiro atoms. The van der Waals surface area contributed by atoms with Gasteiger partial charge in [-0.05, 0) is 48.6 Å². The van der Waals surface area contributed by atoms with Crippen molar-refractivity contribution in [1.82, 2.24) is 15.2 Å². The lowest BCUT2D eigenvalue weighted by molar-refractivity contribution is -0.138. The maximum Gasteiger partial charge on any atom is 0.264 e. The summed E-state index contributed by atoms with van der Waals surface area (Å²) < 4.78 is 6.23. The Balaban J connectivity index is 1.50. The molecule has 3 aliphatic rings. The first-order valence-electron chi connectivity index (χ1n) is 9.66. The number of carbonyl (C=O) groups excluding carboxylic acids is 1. The molecule has 5 rings (SSSR count). The van der Waals surface area contributed by atoms with E-state index in [4.69, 9.17) is 16.3 Å². The van der Waals surface area contributed by atoms with Crippen LogP contribution in [0.5, 0.6) is 5.75 Å². The summed E-state index contributed by atoms with van der Waals surface area (Å²) >= 11 is 6.43. The lowest BCUT2D eigenvalue weighted by atomic mass is 9.96. The Morgan fingerprint density at radius 2 is 2.07 bits per heavy atom. The van der Waals surface area contributed by atoms with Crippen LogP contribution in [0.25, 0.3) is 11.1 Å². The molecule has 1 fully saturated rings. The first-order valence-corrected chi connectivity index (χ1v) is 10.0. The van der Waals surface area contributed by atoms with Gasteiger partial charge in [-0.3, -0.25) is 9.78 Å². The van der Waals surface area contributed by atoms with Crippen molar-refractivity contribution in [3.63, 3.8) is 0 Å². The predicted molar refractivity (Wildman–Crippen MR) is 104 cm³/mol. The number of rotatable bonds is 2. The van der Waals surface area contributed by atoms with E-state index in [1.807, 2.05) is 29.3 Å². The number of benzene rings is 1. The maximum atomic E-state index is 12.9. The number of nitrogens with one attached hydrogen (secondary N) is 1. The van der Waals surface area contributed by atoms with Gasteiger partial charge in [0.15, 0.2) is 6.10 Å². The summed E-state index contributed by atoms with van der Waals surface area (Å²) in [5.41, 5.74) is 5.63. The molecule has 3 heterocycles. The zero-order chi connectivity index (χ0) is 18.4. The van der Waals surface area contributed by atoms with Crippen LogP contribution in [0.2, 0.25) is 5.02 Å². The van der Waals surface area contributed by atoms with Gasteiger partial charge in [0.2, 0.25) is 0 Å². The Hall–Kier alpha value is -2.11. The number of nitrogens with zero attached hydrogens (tertiary/aromatic N) is 2. The van der Waals surface area contributed by atoms with Crippen molar-refractivity contribution in [1.29, 1.82) is 0 Å². The van der Waals surface area contributed by atoms with E-state index in [9.17, 15) is 4.79 Å². The van der Waals surface area contributed by atoms with Gasteiger partial charge in [-0.15, -0.1) is 0 Å². The minimum absolute atomic E-state index is 0.0785. The molecule has 5 nitrogen and oxygen atoms in total. The normalized spacial score (nSPS) is 20.9. The number of fused-ring (bicyclic) bond motifs is 2. The van der Waals surface area contributed by atoms with Gasteiger partial charge in [-0.25, -0.2) is 0 Å². The number of aryl methyl sites for hydroxylation is 1. The lowest BCUT2D eigenvalue weighted by Crippen LogP contribution is -2.50. The highest BCUT2D eigenvalue weighted by atomic mass is 35.5. The highest BCUT2D eigenvalue weighted by Crippen LogP contribution is 2.43. The molecule has 0 saturated carbocycles. The van der Waals surface area contributed by atoms with Gasteiger partial charge in [0.1, 0.15) is 5.75 Å². The zero-order valence-corrected chi connectivity index (χ0v) is 15.9. The number of pyridine rings is 1. The Kier molecular flexibility index (Phi) is 4.29. The van der Waals surface area contributed by atoms with Crippen molar-refractivity contribution in [3.8, 4) is 16.9 Å². The van der Waals surface area contributed by atoms with Gasteiger partial charge in [0.05, 0.1) is 0 Å². The SMILES string of the molecule is O=C([C@@H]1Cc2cc(Cl)cc(-c3ccnc4c3CCC4)c2O1)N1CCNCC1. The van der Waals surface area contributed by atoms with Crippen LogP contribution in [0.3, 0.4) is 0 Å². The molecule has 0 unspecified atom stereocenters. The lowest BCUT2D eigenvalue weighted by Gasteiger charge is -2.29. The minimum atomic E-state index is -0.454. The number of piperazine rings is 1. The van der Waals surface area contributed by atoms with Crippen LogP contribution in [-0.2, 0) is 24.1 Å². The van der Waals surface area contributed by atoms with Crippen LogP contribution in [-0.4, -0.2) is 48.1 Å². The van der Waals surface area contributed by atoms with Crippen molar-refractivity contribution in [2.75, 3.05) is 26.2 Å². The fourth-order valence-corrected chi connectivity index (χ4v) is 4.71. The number of carbonyl (C=O) groups is 1. The van der Waals surface area contributed by atoms with E-state index >= 15 is 0 Å². The molecule has 1 amide bonds. The summed E-state index contributed by atoms with van der Waals surface area (Å²) in [5.74, 6) is 0.892. The number of amides is 1. The first kappa shape index (κ1) is 17.0. The molecule has 1 N–H and O–H groups in total. The van der Waals surface area contributed by atoms with E-state index in [1.165, 1.54) is 11.3 Å². The van der Waals surface area contributed by atoms with Crippen molar-refractivity contribution >= 4 is 17.5 Å². The second kappa shape index (κ2) is 6.80. The molecular formula is C21H22ClN3O2. The molecule has 0 radical (unpaired) electrons. The quantitative estimate of drug-likeness (QED) is 0.866. The number of aromatic nitrogens is 1. The maximum absolute atomic E-state index is 12.9. The summed E-state index contributed by atoms with van der Waals surface area (Å²) in [6.45, 7) is 3.15. The Labute approximate surface area is 163 Å². The smallest absolute Gasteiger partial charge is 0.264 e. The predicted octanol–water partition coefficient (Wildman–Crippen LogP) is 2.63. The molecular weight excluding hydrogens is 362 g/mol. The fraction of sp³-hybridized carbons (Fsp3) is 0.429. The van der Waals surface area contributed by atoms with E-state index in [0.29, 0.717) is 11.4 Å². The number of hydrogen-bond acceptors (Lipinski definition) is 4. The Morgan fingerprint density at radius 1 is 1.22 bits per heavy atom. The number of hydrogen-bond donors (Lipinski definition) is 1. The second-order valence-electron chi connectivity index (χ2n) is 7.46. The monoisotopic (exact) mass is 383 g/mol. The summed E-state index contributed by atoms with van der Waals surface area (Å²) in [7, 11) is 0. The second-order valence-corrected chi connectivity index (χ2v) is 7.90. The Bertz CT molecular complexity index is 909. The van der Waals surface area contributed by atoms with Gasteiger partial charge in [-0.1, -0.05) is 11.6 Å². The molecule has 2 aliphatic heterocycles. The molecule has 0 bridgehead atoms. The van der Waals surface area contributed by atoms with E-state index < -0.39 is 6.10 Å². The van der Waals surface area contributed by atoms with Gasteiger partial charge in [0, 0.05) is 60.6 Å². The fourth-order valence-electron chi connectivity index (χ4n) is 4.47. The molecule has 1 aliphatic carbocycles. The molecule has 1 aromatic carbocycles. The minimum Gasteiger partial charge on any atom is -0.479 e. The van der Waals surface area contributed by atoms with Crippen LogP contribution in [0.1, 0.15) is 23.2 Å². The van der Waals surface area contributed by atoms with E-state index in [0.717, 1.165) is 67.9 Å². The molecule has 27 heavy (non-hydrogen) atoms. The zero-order valence-electron chi connectivity index (χ0n) is 15.1. The molecule has 140 valence electrons. The van der Waals surface area contributed by atoms with Gasteiger partial charge < -0.3 is 15.0 Å². The highest BCUT2D eigenvalue weighted by Gasteiger charge is 2.35. The van der Waals surface area contributed by atoms with Crippen molar-refractivity contribution in [2.24, 2.45) is 0 Å². The summed E-state index contributed by atoms with van der Waals surface area (Å²) in [5, 5.41) is 3.97. The summed E-state index contributed by atoms with van der Waals surface area (Å²) in [6.07, 6.45) is 5.18. The average molecular weight is 384 g/mol. The van der Waals surface area contributed by atoms with Crippen LogP contribution in [0.4, 0.5) is 0 Å².